The molecule has 0 aromatic heterocycles. The van der Waals surface area contributed by atoms with Crippen LogP contribution in [0.1, 0.15) is 28.8 Å². The highest BCUT2D eigenvalue weighted by molar-refractivity contribution is 5.97. The zero-order chi connectivity index (χ0) is 17.1. The third-order valence-electron chi connectivity index (χ3n) is 5.24. The van der Waals surface area contributed by atoms with Crippen LogP contribution >= 0.6 is 0 Å². The normalized spacial score (nSPS) is 16.2. The van der Waals surface area contributed by atoms with Crippen molar-refractivity contribution in [2.24, 2.45) is 5.92 Å². The molecular weight excluding hydrogens is 306 g/mol. The number of ketones is 1. The van der Waals surface area contributed by atoms with Crippen LogP contribution in [0.3, 0.4) is 0 Å². The van der Waals surface area contributed by atoms with Crippen molar-refractivity contribution in [2.45, 2.75) is 19.4 Å². The Morgan fingerprint density at radius 2 is 1.52 bits per heavy atom. The Hall–Kier alpha value is -2.45. The van der Waals surface area contributed by atoms with E-state index in [2.05, 4.69) is 47.4 Å². The van der Waals surface area contributed by atoms with Gasteiger partial charge in [0.15, 0.2) is 5.78 Å². The van der Waals surface area contributed by atoms with Crippen LogP contribution in [0, 0.1) is 5.92 Å². The molecule has 3 aromatic rings. The summed E-state index contributed by atoms with van der Waals surface area (Å²) >= 11 is 0. The fourth-order valence-corrected chi connectivity index (χ4v) is 3.79. The van der Waals surface area contributed by atoms with E-state index in [1.54, 1.807) is 0 Å². The molecule has 3 aromatic carbocycles. The molecule has 25 heavy (non-hydrogen) atoms. The summed E-state index contributed by atoms with van der Waals surface area (Å²) in [5.41, 5.74) is 2.21. The number of piperidine rings is 1. The molecule has 1 aliphatic rings. The summed E-state index contributed by atoms with van der Waals surface area (Å²) in [5, 5.41) is 2.59. The van der Waals surface area contributed by atoms with E-state index in [0.29, 0.717) is 5.78 Å². The number of Topliss-reactive ketones (excluding diaryl/α,β-unsaturated/α-hetero) is 1. The van der Waals surface area contributed by atoms with Crippen molar-refractivity contribution in [3.8, 4) is 0 Å². The molecular formula is C23H23NO. The van der Waals surface area contributed by atoms with Crippen LogP contribution in [0.25, 0.3) is 10.8 Å². The predicted molar refractivity (Wildman–Crippen MR) is 103 cm³/mol. The summed E-state index contributed by atoms with van der Waals surface area (Å²) in [5.74, 6) is 0.487. The van der Waals surface area contributed by atoms with Crippen LogP contribution in [-0.4, -0.2) is 23.8 Å². The number of carbonyl (C=O) groups is 1. The van der Waals surface area contributed by atoms with Gasteiger partial charge < -0.3 is 0 Å². The van der Waals surface area contributed by atoms with Gasteiger partial charge >= 0.3 is 0 Å². The monoisotopic (exact) mass is 329 g/mol. The highest BCUT2D eigenvalue weighted by Crippen LogP contribution is 2.24. The molecule has 0 radical (unpaired) electrons. The molecule has 0 atom stereocenters. The van der Waals surface area contributed by atoms with Crippen molar-refractivity contribution < 1.29 is 4.79 Å². The van der Waals surface area contributed by atoms with Gasteiger partial charge in [0.2, 0.25) is 0 Å². The molecule has 0 saturated carbocycles. The van der Waals surface area contributed by atoms with Crippen molar-refractivity contribution in [3.05, 3.63) is 83.9 Å². The van der Waals surface area contributed by atoms with Gasteiger partial charge in [-0.25, -0.2) is 0 Å². The van der Waals surface area contributed by atoms with Crippen molar-refractivity contribution >= 4 is 16.6 Å². The van der Waals surface area contributed by atoms with E-state index < -0.39 is 0 Å². The van der Waals surface area contributed by atoms with E-state index in [1.165, 1.54) is 16.3 Å². The summed E-state index contributed by atoms with van der Waals surface area (Å²) in [6.07, 6.45) is 1.92. The Morgan fingerprint density at radius 1 is 0.840 bits per heavy atom. The third-order valence-corrected chi connectivity index (χ3v) is 5.24. The first-order valence-electron chi connectivity index (χ1n) is 9.09. The molecule has 4 rings (SSSR count). The molecule has 0 unspecified atom stereocenters. The quantitative estimate of drug-likeness (QED) is 0.632. The van der Waals surface area contributed by atoms with E-state index >= 15 is 0 Å². The van der Waals surface area contributed by atoms with Crippen molar-refractivity contribution in [1.82, 2.24) is 4.90 Å². The van der Waals surface area contributed by atoms with Crippen molar-refractivity contribution in [2.75, 3.05) is 13.1 Å². The van der Waals surface area contributed by atoms with Crippen LogP contribution in [0.4, 0.5) is 0 Å². The fourth-order valence-electron chi connectivity index (χ4n) is 3.79. The first-order valence-corrected chi connectivity index (χ1v) is 9.09. The summed E-state index contributed by atoms with van der Waals surface area (Å²) < 4.78 is 0. The first kappa shape index (κ1) is 16.0. The Bertz CT molecular complexity index is 863. The highest BCUT2D eigenvalue weighted by atomic mass is 16.1. The molecule has 0 N–H and O–H groups in total. The van der Waals surface area contributed by atoms with Gasteiger partial charge in [0.05, 0.1) is 0 Å². The maximum absolute atomic E-state index is 12.6. The second-order valence-electron chi connectivity index (χ2n) is 6.96. The number of carbonyl (C=O) groups excluding carboxylic acids is 1. The molecule has 0 bridgehead atoms. The Morgan fingerprint density at radius 3 is 2.28 bits per heavy atom. The van der Waals surface area contributed by atoms with Gasteiger partial charge in [-0.2, -0.15) is 0 Å². The molecule has 0 amide bonds. The largest absolute Gasteiger partial charge is 0.299 e. The lowest BCUT2D eigenvalue weighted by Gasteiger charge is -2.31. The van der Waals surface area contributed by atoms with Gasteiger partial charge in [-0.15, -0.1) is 0 Å². The van der Waals surface area contributed by atoms with Gasteiger partial charge in [-0.3, -0.25) is 9.69 Å². The lowest BCUT2D eigenvalue weighted by atomic mass is 9.89. The zero-order valence-electron chi connectivity index (χ0n) is 14.4. The molecule has 126 valence electrons. The molecule has 2 heteroatoms. The SMILES string of the molecule is O=C(c1ccccc1)C1CCN(Cc2ccc3ccccc3c2)CC1. The van der Waals surface area contributed by atoms with E-state index in [4.69, 9.17) is 0 Å². The second-order valence-corrected chi connectivity index (χ2v) is 6.96. The minimum Gasteiger partial charge on any atom is -0.299 e. The van der Waals surface area contributed by atoms with Gasteiger partial charge in [0, 0.05) is 18.0 Å². The number of likely N-dealkylation sites (tertiary alicyclic amines) is 1. The summed E-state index contributed by atoms with van der Waals surface area (Å²) in [6.45, 7) is 2.96. The van der Waals surface area contributed by atoms with Crippen molar-refractivity contribution in [3.63, 3.8) is 0 Å². The Kier molecular flexibility index (Phi) is 4.62. The number of benzene rings is 3. The number of fused-ring (bicyclic) bond motifs is 1. The average Bonchev–Trinajstić information content (AvgIpc) is 2.69. The number of nitrogens with zero attached hydrogens (tertiary/aromatic N) is 1. The molecule has 1 fully saturated rings. The first-order chi connectivity index (χ1) is 12.3. The Balaban J connectivity index is 1.37. The van der Waals surface area contributed by atoms with Crippen LogP contribution in [-0.2, 0) is 6.54 Å². The predicted octanol–water partition coefficient (Wildman–Crippen LogP) is 4.93. The van der Waals surface area contributed by atoms with Gasteiger partial charge in [-0.1, -0.05) is 66.7 Å². The van der Waals surface area contributed by atoms with E-state index in [9.17, 15) is 4.79 Å². The van der Waals surface area contributed by atoms with Gasteiger partial charge in [-0.05, 0) is 48.3 Å². The van der Waals surface area contributed by atoms with E-state index in [-0.39, 0.29) is 5.92 Å². The minimum atomic E-state index is 0.176. The van der Waals surface area contributed by atoms with Crippen LogP contribution in [0.5, 0.6) is 0 Å². The van der Waals surface area contributed by atoms with Gasteiger partial charge in [0.1, 0.15) is 0 Å². The third kappa shape index (κ3) is 3.64. The maximum Gasteiger partial charge on any atom is 0.166 e. The highest BCUT2D eigenvalue weighted by Gasteiger charge is 2.25. The maximum atomic E-state index is 12.6. The smallest absolute Gasteiger partial charge is 0.166 e. The van der Waals surface area contributed by atoms with E-state index in [1.807, 2.05) is 30.3 Å². The van der Waals surface area contributed by atoms with Crippen molar-refractivity contribution in [1.29, 1.82) is 0 Å². The minimum absolute atomic E-state index is 0.176. The molecule has 0 aliphatic carbocycles. The molecule has 2 nitrogen and oxygen atoms in total. The summed E-state index contributed by atoms with van der Waals surface area (Å²) in [4.78, 5) is 15.1. The van der Waals surface area contributed by atoms with E-state index in [0.717, 1.165) is 38.0 Å². The number of rotatable bonds is 4. The molecule has 1 saturated heterocycles. The van der Waals surface area contributed by atoms with Crippen LogP contribution in [0.15, 0.2) is 72.8 Å². The lowest BCUT2D eigenvalue weighted by molar-refractivity contribution is 0.0835. The average molecular weight is 329 g/mol. The molecule has 1 heterocycles. The summed E-state index contributed by atoms with van der Waals surface area (Å²) in [6, 6.07) is 24.9. The molecule has 1 aliphatic heterocycles. The van der Waals surface area contributed by atoms with Crippen LogP contribution < -0.4 is 0 Å². The lowest BCUT2D eigenvalue weighted by Crippen LogP contribution is -2.35. The standard InChI is InChI=1S/C23H23NO/c25-23(20-7-2-1-3-8-20)21-12-14-24(15-13-21)17-18-10-11-19-6-4-5-9-22(19)16-18/h1-11,16,21H,12-15,17H2. The zero-order valence-corrected chi connectivity index (χ0v) is 14.4. The van der Waals surface area contributed by atoms with Gasteiger partial charge in [0.25, 0.3) is 0 Å². The Labute approximate surface area is 149 Å². The number of hydrogen-bond donors (Lipinski definition) is 0. The topological polar surface area (TPSA) is 20.3 Å². The molecule has 0 spiro atoms. The second kappa shape index (κ2) is 7.20. The fraction of sp³-hybridized carbons (Fsp3) is 0.261. The number of hydrogen-bond acceptors (Lipinski definition) is 2. The van der Waals surface area contributed by atoms with Crippen LogP contribution in [0.2, 0.25) is 0 Å². The summed E-state index contributed by atoms with van der Waals surface area (Å²) in [7, 11) is 0.